The van der Waals surface area contributed by atoms with E-state index in [0.717, 1.165) is 30.5 Å². The fourth-order valence-electron chi connectivity index (χ4n) is 2.04. The number of carbonyl (C=O) groups excluding carboxylic acids is 1. The lowest BCUT2D eigenvalue weighted by atomic mass is 10.2. The second-order valence-corrected chi connectivity index (χ2v) is 4.17. The molecule has 0 aliphatic heterocycles. The van der Waals surface area contributed by atoms with Crippen molar-refractivity contribution in [2.24, 2.45) is 0 Å². The Bertz CT molecular complexity index is 227. The molecule has 0 saturated heterocycles. The number of hydrogen-bond acceptors (Lipinski definition) is 2. The van der Waals surface area contributed by atoms with E-state index < -0.39 is 0 Å². The van der Waals surface area contributed by atoms with E-state index in [1.54, 1.807) is 0 Å². The molecule has 3 nitrogen and oxygen atoms in total. The van der Waals surface area contributed by atoms with E-state index in [2.05, 4.69) is 27.4 Å². The average Bonchev–Trinajstić information content (AvgIpc) is 2.31. The molecule has 0 aromatic rings. The summed E-state index contributed by atoms with van der Waals surface area (Å²) in [5, 5.41) is 0. The Morgan fingerprint density at radius 3 is 2.24 bits per heavy atom. The quantitative estimate of drug-likeness (QED) is 0.267. The minimum absolute atomic E-state index is 0. The van der Waals surface area contributed by atoms with Crippen molar-refractivity contribution in [3.63, 3.8) is 0 Å². The van der Waals surface area contributed by atoms with Crippen molar-refractivity contribution in [1.82, 2.24) is 0 Å². The molecule has 0 bridgehead atoms. The molecule has 1 atom stereocenters. The van der Waals surface area contributed by atoms with Crippen LogP contribution < -0.4 is 17.0 Å². The van der Waals surface area contributed by atoms with E-state index >= 15 is 0 Å². The maximum Gasteiger partial charge on any atom is 0.334 e. The fourth-order valence-corrected chi connectivity index (χ4v) is 2.04. The minimum Gasteiger partial charge on any atom is -1.00 e. The molecule has 0 heterocycles. The Labute approximate surface area is 116 Å². The van der Waals surface area contributed by atoms with Crippen LogP contribution in [0.15, 0.2) is 12.7 Å². The Kier molecular flexibility index (Phi) is 10.8. The predicted octanol–water partition coefficient (Wildman–Crippen LogP) is -0.278. The number of nitrogens with zero attached hydrogens (tertiary/aromatic N) is 1. The largest absolute Gasteiger partial charge is 1.00 e. The van der Waals surface area contributed by atoms with Crippen LogP contribution in [-0.2, 0) is 9.53 Å². The second-order valence-electron chi connectivity index (χ2n) is 4.17. The van der Waals surface area contributed by atoms with Gasteiger partial charge in [-0.2, -0.15) is 0 Å². The number of unbranched alkanes of at least 4 members (excludes halogenated alkanes) is 1. The molecular weight excluding hydrogens is 282 g/mol. The summed E-state index contributed by atoms with van der Waals surface area (Å²) in [5.41, 5.74) is 0. The van der Waals surface area contributed by atoms with Gasteiger partial charge in [0.15, 0.2) is 0 Å². The first kappa shape index (κ1) is 19.0. The van der Waals surface area contributed by atoms with E-state index in [1.165, 1.54) is 12.5 Å². The maximum absolute atomic E-state index is 11.2. The van der Waals surface area contributed by atoms with Gasteiger partial charge < -0.3 is 21.7 Å². The monoisotopic (exact) mass is 307 g/mol. The van der Waals surface area contributed by atoms with Gasteiger partial charge in [-0.05, 0) is 20.3 Å². The number of rotatable bonds is 8. The molecule has 0 aliphatic carbocycles. The van der Waals surface area contributed by atoms with Crippen molar-refractivity contribution < 1.29 is 31.0 Å². The van der Waals surface area contributed by atoms with Crippen LogP contribution in [0.1, 0.15) is 40.5 Å². The minimum atomic E-state index is -0.326. The zero-order valence-electron chi connectivity index (χ0n) is 11.5. The van der Waals surface area contributed by atoms with Crippen LogP contribution in [0.2, 0.25) is 0 Å². The molecule has 4 heteroatoms. The van der Waals surface area contributed by atoms with E-state index in [-0.39, 0.29) is 29.2 Å². The molecule has 0 aromatic carbocycles. The summed E-state index contributed by atoms with van der Waals surface area (Å²) >= 11 is 0. The molecular formula is C13H26BrNO2. The zero-order valence-corrected chi connectivity index (χ0v) is 13.1. The molecule has 0 spiro atoms. The van der Waals surface area contributed by atoms with Crippen LogP contribution in [0.25, 0.3) is 0 Å². The highest BCUT2D eigenvalue weighted by Gasteiger charge is 2.32. The molecule has 0 N–H and O–H groups in total. The lowest BCUT2D eigenvalue weighted by molar-refractivity contribution is -0.964. The van der Waals surface area contributed by atoms with E-state index in [9.17, 15) is 4.79 Å². The molecule has 0 fully saturated rings. The van der Waals surface area contributed by atoms with Crippen LogP contribution in [0.5, 0.6) is 0 Å². The Balaban J connectivity index is 0. The third kappa shape index (κ3) is 5.68. The molecule has 0 aliphatic rings. The molecule has 0 radical (unpaired) electrons. The third-order valence-corrected chi connectivity index (χ3v) is 3.44. The lowest BCUT2D eigenvalue weighted by Crippen LogP contribution is -3.00. The summed E-state index contributed by atoms with van der Waals surface area (Å²) in [7, 11) is 0. The number of ether oxygens (including phenoxy) is 1. The van der Waals surface area contributed by atoms with Gasteiger partial charge in [-0.3, -0.25) is 4.48 Å². The highest BCUT2D eigenvalue weighted by molar-refractivity contribution is 5.81. The fraction of sp³-hybridized carbons (Fsp3) is 0.769. The molecule has 0 amide bonds. The predicted molar refractivity (Wildman–Crippen MR) is 66.9 cm³/mol. The average molecular weight is 308 g/mol. The van der Waals surface area contributed by atoms with Gasteiger partial charge in [0.2, 0.25) is 6.23 Å². The highest BCUT2D eigenvalue weighted by Crippen LogP contribution is 2.16. The summed E-state index contributed by atoms with van der Waals surface area (Å²) < 4.78 is 6.20. The third-order valence-electron chi connectivity index (χ3n) is 3.44. The van der Waals surface area contributed by atoms with Crippen molar-refractivity contribution in [2.75, 3.05) is 19.6 Å². The number of hydrogen-bond donors (Lipinski definition) is 0. The van der Waals surface area contributed by atoms with Gasteiger partial charge in [0.1, 0.15) is 0 Å². The van der Waals surface area contributed by atoms with Crippen LogP contribution in [0, 0.1) is 0 Å². The molecule has 0 rings (SSSR count). The topological polar surface area (TPSA) is 26.3 Å². The highest BCUT2D eigenvalue weighted by atomic mass is 79.9. The summed E-state index contributed by atoms with van der Waals surface area (Å²) in [5.74, 6) is -0.326. The summed E-state index contributed by atoms with van der Waals surface area (Å²) in [6, 6.07) is 0. The van der Waals surface area contributed by atoms with Gasteiger partial charge in [0.25, 0.3) is 0 Å². The smallest absolute Gasteiger partial charge is 0.334 e. The van der Waals surface area contributed by atoms with Crippen molar-refractivity contribution in [3.8, 4) is 0 Å². The summed E-state index contributed by atoms with van der Waals surface area (Å²) in [6.07, 6.45) is 3.47. The lowest BCUT2D eigenvalue weighted by Gasteiger charge is -2.40. The van der Waals surface area contributed by atoms with Crippen LogP contribution in [0.3, 0.4) is 0 Å². The number of esters is 1. The van der Waals surface area contributed by atoms with Gasteiger partial charge in [-0.15, -0.1) is 0 Å². The standard InChI is InChI=1S/C13H26NO2.BrH/c1-6-10-11-14(8-3,9-4)12(5)16-13(15)7-2;/h7,12H,2,6,8-11H2,1,3-5H3;1H/q+1;/p-1. The van der Waals surface area contributed by atoms with E-state index in [1.807, 2.05) is 6.92 Å². The zero-order chi connectivity index (χ0) is 12.6. The van der Waals surface area contributed by atoms with Crippen molar-refractivity contribution in [1.29, 1.82) is 0 Å². The van der Waals surface area contributed by atoms with Gasteiger partial charge in [-0.25, -0.2) is 4.79 Å². The van der Waals surface area contributed by atoms with Gasteiger partial charge in [0.05, 0.1) is 19.6 Å². The van der Waals surface area contributed by atoms with Gasteiger partial charge >= 0.3 is 5.97 Å². The Morgan fingerprint density at radius 2 is 1.88 bits per heavy atom. The number of halogens is 1. The first-order valence-corrected chi connectivity index (χ1v) is 6.25. The molecule has 0 aromatic heterocycles. The molecule has 102 valence electrons. The molecule has 1 unspecified atom stereocenters. The first-order valence-electron chi connectivity index (χ1n) is 6.25. The SMILES string of the molecule is C=CC(=O)OC(C)[N+](CC)(CC)CCCC.[Br-]. The Hall–Kier alpha value is -0.350. The van der Waals surface area contributed by atoms with E-state index in [0.29, 0.717) is 0 Å². The maximum atomic E-state index is 11.2. The van der Waals surface area contributed by atoms with Crippen LogP contribution in [-0.4, -0.2) is 36.3 Å². The van der Waals surface area contributed by atoms with Gasteiger partial charge in [-0.1, -0.05) is 19.9 Å². The van der Waals surface area contributed by atoms with Crippen molar-refractivity contribution in [3.05, 3.63) is 12.7 Å². The van der Waals surface area contributed by atoms with Crippen LogP contribution >= 0.6 is 0 Å². The Morgan fingerprint density at radius 1 is 1.35 bits per heavy atom. The van der Waals surface area contributed by atoms with Crippen LogP contribution in [0.4, 0.5) is 0 Å². The van der Waals surface area contributed by atoms with Gasteiger partial charge in [0, 0.05) is 13.0 Å². The normalized spacial score (nSPS) is 12.5. The molecule has 0 saturated carbocycles. The summed E-state index contributed by atoms with van der Waals surface area (Å²) in [4.78, 5) is 11.2. The van der Waals surface area contributed by atoms with Crippen molar-refractivity contribution in [2.45, 2.75) is 46.8 Å². The first-order chi connectivity index (χ1) is 7.56. The van der Waals surface area contributed by atoms with E-state index in [4.69, 9.17) is 4.74 Å². The second kappa shape index (κ2) is 9.66. The molecule has 17 heavy (non-hydrogen) atoms. The number of quaternary nitrogens is 1. The summed E-state index contributed by atoms with van der Waals surface area (Å²) in [6.45, 7) is 14.9. The van der Waals surface area contributed by atoms with Crippen molar-refractivity contribution >= 4 is 5.97 Å². The number of carbonyl (C=O) groups is 1.